The largest absolute Gasteiger partial charge is 0.380 e. The Bertz CT molecular complexity index is 485. The Labute approximate surface area is 108 Å². The van der Waals surface area contributed by atoms with E-state index in [2.05, 4.69) is 29.4 Å². The molecule has 2 rings (SSSR count). The fourth-order valence-corrected chi connectivity index (χ4v) is 1.88. The van der Waals surface area contributed by atoms with E-state index in [-0.39, 0.29) is 6.04 Å². The molecule has 0 fully saturated rings. The van der Waals surface area contributed by atoms with Gasteiger partial charge in [-0.3, -0.25) is 4.98 Å². The monoisotopic (exact) mass is 242 g/mol. The first-order valence-electron chi connectivity index (χ1n) is 6.05. The van der Waals surface area contributed by atoms with Crippen LogP contribution in [0.25, 0.3) is 0 Å². The first kappa shape index (κ1) is 12.6. The highest BCUT2D eigenvalue weighted by Crippen LogP contribution is 2.21. The van der Waals surface area contributed by atoms with Gasteiger partial charge in [0.05, 0.1) is 18.3 Å². The molecule has 3 nitrogen and oxygen atoms in total. The van der Waals surface area contributed by atoms with Gasteiger partial charge >= 0.3 is 0 Å². The van der Waals surface area contributed by atoms with E-state index >= 15 is 0 Å². The molecule has 1 aromatic heterocycles. The van der Waals surface area contributed by atoms with Crippen LogP contribution in [0.2, 0.25) is 0 Å². The Morgan fingerprint density at radius 3 is 2.67 bits per heavy atom. The SMILES string of the molecule is COCc1ccccc1NC(C)c1ccccn1. The average Bonchev–Trinajstić information content (AvgIpc) is 2.42. The number of para-hydroxylation sites is 1. The van der Waals surface area contributed by atoms with Crippen molar-refractivity contribution in [3.63, 3.8) is 0 Å². The second-order valence-electron chi connectivity index (χ2n) is 4.21. The summed E-state index contributed by atoms with van der Waals surface area (Å²) in [6, 6.07) is 14.3. The van der Waals surface area contributed by atoms with Crippen LogP contribution in [-0.4, -0.2) is 12.1 Å². The van der Waals surface area contributed by atoms with Crippen LogP contribution in [0.3, 0.4) is 0 Å². The van der Waals surface area contributed by atoms with Crippen molar-refractivity contribution >= 4 is 5.69 Å². The fraction of sp³-hybridized carbons (Fsp3) is 0.267. The molecule has 0 amide bonds. The first-order valence-corrected chi connectivity index (χ1v) is 6.05. The fourth-order valence-electron chi connectivity index (χ4n) is 1.88. The van der Waals surface area contributed by atoms with Crippen LogP contribution in [-0.2, 0) is 11.3 Å². The third-order valence-electron chi connectivity index (χ3n) is 2.82. The van der Waals surface area contributed by atoms with Gasteiger partial charge in [-0.15, -0.1) is 0 Å². The van der Waals surface area contributed by atoms with Gasteiger partial charge in [0.1, 0.15) is 0 Å². The summed E-state index contributed by atoms with van der Waals surface area (Å²) in [5.41, 5.74) is 3.28. The number of rotatable bonds is 5. The summed E-state index contributed by atoms with van der Waals surface area (Å²) in [5, 5.41) is 3.47. The number of pyridine rings is 1. The molecule has 1 heterocycles. The minimum Gasteiger partial charge on any atom is -0.380 e. The van der Waals surface area contributed by atoms with Gasteiger partial charge in [-0.2, -0.15) is 0 Å². The van der Waals surface area contributed by atoms with Gasteiger partial charge in [-0.05, 0) is 25.1 Å². The third-order valence-corrected chi connectivity index (χ3v) is 2.82. The molecule has 0 aliphatic heterocycles. The standard InChI is InChI=1S/C15H18N2O/c1-12(14-8-5-6-10-16-14)17-15-9-4-3-7-13(15)11-18-2/h3-10,12,17H,11H2,1-2H3. The summed E-state index contributed by atoms with van der Waals surface area (Å²) in [7, 11) is 1.71. The zero-order valence-electron chi connectivity index (χ0n) is 10.8. The number of methoxy groups -OCH3 is 1. The summed E-state index contributed by atoms with van der Waals surface area (Å²) >= 11 is 0. The van der Waals surface area contributed by atoms with E-state index in [0.717, 1.165) is 16.9 Å². The first-order chi connectivity index (χ1) is 8.81. The van der Waals surface area contributed by atoms with Gasteiger partial charge in [0.25, 0.3) is 0 Å². The van der Waals surface area contributed by atoms with E-state index in [4.69, 9.17) is 4.74 Å². The Hall–Kier alpha value is -1.87. The van der Waals surface area contributed by atoms with Gasteiger partial charge < -0.3 is 10.1 Å². The van der Waals surface area contributed by atoms with Crippen LogP contribution >= 0.6 is 0 Å². The van der Waals surface area contributed by atoms with Crippen LogP contribution in [0.1, 0.15) is 24.2 Å². The lowest BCUT2D eigenvalue weighted by Crippen LogP contribution is -2.10. The quantitative estimate of drug-likeness (QED) is 0.872. The lowest BCUT2D eigenvalue weighted by atomic mass is 10.1. The molecular formula is C15H18N2O. The van der Waals surface area contributed by atoms with Crippen LogP contribution in [0, 0.1) is 0 Å². The van der Waals surface area contributed by atoms with Crippen molar-refractivity contribution in [3.8, 4) is 0 Å². The van der Waals surface area contributed by atoms with Gasteiger partial charge in [-0.25, -0.2) is 0 Å². The minimum absolute atomic E-state index is 0.171. The van der Waals surface area contributed by atoms with E-state index in [1.807, 2.05) is 36.5 Å². The number of ether oxygens (including phenoxy) is 1. The third kappa shape index (κ3) is 3.08. The molecule has 0 bridgehead atoms. The van der Waals surface area contributed by atoms with Crippen LogP contribution in [0.5, 0.6) is 0 Å². The number of aromatic nitrogens is 1. The predicted molar refractivity (Wildman–Crippen MR) is 73.4 cm³/mol. The number of anilines is 1. The van der Waals surface area contributed by atoms with Crippen LogP contribution < -0.4 is 5.32 Å². The molecule has 2 aromatic rings. The second-order valence-corrected chi connectivity index (χ2v) is 4.21. The van der Waals surface area contributed by atoms with E-state index < -0.39 is 0 Å². The smallest absolute Gasteiger partial charge is 0.0733 e. The topological polar surface area (TPSA) is 34.1 Å². The maximum absolute atomic E-state index is 5.20. The Balaban J connectivity index is 2.14. The molecule has 18 heavy (non-hydrogen) atoms. The van der Waals surface area contributed by atoms with Gasteiger partial charge in [0, 0.05) is 24.6 Å². The predicted octanol–water partition coefficient (Wildman–Crippen LogP) is 3.40. The second kappa shape index (κ2) is 6.17. The van der Waals surface area contributed by atoms with Crippen molar-refractivity contribution in [1.29, 1.82) is 0 Å². The number of benzene rings is 1. The summed E-state index contributed by atoms with van der Waals surface area (Å²) in [6.07, 6.45) is 1.81. The van der Waals surface area contributed by atoms with Crippen LogP contribution in [0.4, 0.5) is 5.69 Å². The maximum atomic E-state index is 5.20. The van der Waals surface area contributed by atoms with Crippen molar-refractivity contribution in [2.24, 2.45) is 0 Å². The summed E-state index contributed by atoms with van der Waals surface area (Å²) < 4.78 is 5.20. The van der Waals surface area contributed by atoms with E-state index in [1.165, 1.54) is 0 Å². The van der Waals surface area contributed by atoms with Crippen molar-refractivity contribution in [1.82, 2.24) is 4.98 Å². The zero-order chi connectivity index (χ0) is 12.8. The minimum atomic E-state index is 0.171. The normalized spacial score (nSPS) is 12.1. The number of nitrogens with zero attached hydrogens (tertiary/aromatic N) is 1. The van der Waals surface area contributed by atoms with Crippen LogP contribution in [0.15, 0.2) is 48.7 Å². The van der Waals surface area contributed by atoms with Gasteiger partial charge in [-0.1, -0.05) is 24.3 Å². The highest BCUT2D eigenvalue weighted by molar-refractivity contribution is 5.52. The van der Waals surface area contributed by atoms with Crippen molar-refractivity contribution in [2.75, 3.05) is 12.4 Å². The number of hydrogen-bond donors (Lipinski definition) is 1. The lowest BCUT2D eigenvalue weighted by molar-refractivity contribution is 0.185. The molecule has 1 N–H and O–H groups in total. The molecule has 94 valence electrons. The van der Waals surface area contributed by atoms with Crippen molar-refractivity contribution < 1.29 is 4.74 Å². The van der Waals surface area contributed by atoms with Gasteiger partial charge in [0.15, 0.2) is 0 Å². The molecule has 1 aromatic carbocycles. The Kier molecular flexibility index (Phi) is 4.31. The molecule has 0 spiro atoms. The molecule has 0 aliphatic carbocycles. The summed E-state index contributed by atoms with van der Waals surface area (Å²) in [4.78, 5) is 4.36. The zero-order valence-corrected chi connectivity index (χ0v) is 10.8. The molecular weight excluding hydrogens is 224 g/mol. The maximum Gasteiger partial charge on any atom is 0.0733 e. The molecule has 0 aliphatic rings. The molecule has 3 heteroatoms. The van der Waals surface area contributed by atoms with E-state index in [0.29, 0.717) is 6.61 Å². The van der Waals surface area contributed by atoms with Crippen molar-refractivity contribution in [3.05, 3.63) is 59.9 Å². The van der Waals surface area contributed by atoms with E-state index in [1.54, 1.807) is 7.11 Å². The van der Waals surface area contributed by atoms with Gasteiger partial charge in [0.2, 0.25) is 0 Å². The number of hydrogen-bond acceptors (Lipinski definition) is 3. The molecule has 0 radical (unpaired) electrons. The lowest BCUT2D eigenvalue weighted by Gasteiger charge is -2.17. The molecule has 0 saturated heterocycles. The highest BCUT2D eigenvalue weighted by atomic mass is 16.5. The summed E-state index contributed by atoms with van der Waals surface area (Å²) in [5.74, 6) is 0. The molecule has 1 atom stereocenters. The highest BCUT2D eigenvalue weighted by Gasteiger charge is 2.08. The molecule has 0 saturated carbocycles. The average molecular weight is 242 g/mol. The number of nitrogens with one attached hydrogen (secondary N) is 1. The van der Waals surface area contributed by atoms with Crippen molar-refractivity contribution in [2.45, 2.75) is 19.6 Å². The Morgan fingerprint density at radius 1 is 1.17 bits per heavy atom. The summed E-state index contributed by atoms with van der Waals surface area (Å²) in [6.45, 7) is 2.71. The van der Waals surface area contributed by atoms with E-state index in [9.17, 15) is 0 Å². The Morgan fingerprint density at radius 2 is 1.94 bits per heavy atom. The molecule has 1 unspecified atom stereocenters.